The van der Waals surface area contributed by atoms with E-state index < -0.39 is 0 Å². The highest BCUT2D eigenvalue weighted by molar-refractivity contribution is 5.49. The molecule has 2 aromatic rings. The van der Waals surface area contributed by atoms with Crippen molar-refractivity contribution < 1.29 is 9.26 Å². The molecule has 0 aliphatic carbocycles. The lowest BCUT2D eigenvalue weighted by atomic mass is 10.00. The first-order valence-electron chi connectivity index (χ1n) is 7.74. The molecule has 0 aromatic carbocycles. The molecule has 1 aliphatic heterocycles. The lowest BCUT2D eigenvalue weighted by molar-refractivity contribution is 0.0835. The molecule has 0 spiro atoms. The van der Waals surface area contributed by atoms with E-state index in [9.17, 15) is 0 Å². The van der Waals surface area contributed by atoms with Crippen LogP contribution in [0.25, 0.3) is 11.5 Å². The molecule has 114 valence electrons. The lowest BCUT2D eigenvalue weighted by Gasteiger charge is -2.18. The van der Waals surface area contributed by atoms with E-state index >= 15 is 0 Å². The van der Waals surface area contributed by atoms with Crippen LogP contribution in [0, 0.1) is 6.92 Å². The molecule has 0 atom stereocenters. The van der Waals surface area contributed by atoms with Crippen molar-refractivity contribution in [2.24, 2.45) is 0 Å². The summed E-state index contributed by atoms with van der Waals surface area (Å²) in [5.74, 6) is 2.93. The van der Waals surface area contributed by atoms with Crippen molar-refractivity contribution in [1.29, 1.82) is 0 Å². The summed E-state index contributed by atoms with van der Waals surface area (Å²) in [7, 11) is 0. The van der Waals surface area contributed by atoms with Gasteiger partial charge >= 0.3 is 0 Å². The predicted molar refractivity (Wildman–Crippen MR) is 78.0 cm³/mol. The van der Waals surface area contributed by atoms with Crippen molar-refractivity contribution in [2.45, 2.75) is 52.0 Å². The largest absolute Gasteiger partial charge is 0.381 e. The van der Waals surface area contributed by atoms with Gasteiger partial charge in [0.15, 0.2) is 17.3 Å². The Balaban J connectivity index is 1.90. The maximum Gasteiger partial charge on any atom is 0.180 e. The Kier molecular flexibility index (Phi) is 4.34. The average Bonchev–Trinajstić information content (AvgIpc) is 3.12. The Morgan fingerprint density at radius 1 is 1.33 bits per heavy atom. The van der Waals surface area contributed by atoms with Crippen LogP contribution in [0.1, 0.15) is 50.1 Å². The number of aryl methyl sites for hydroxylation is 2. The van der Waals surface area contributed by atoms with Crippen LogP contribution < -0.4 is 0 Å². The third-order valence-corrected chi connectivity index (χ3v) is 3.86. The van der Waals surface area contributed by atoms with Gasteiger partial charge in [-0.25, -0.2) is 9.67 Å². The zero-order valence-corrected chi connectivity index (χ0v) is 12.7. The van der Waals surface area contributed by atoms with Crippen LogP contribution in [-0.2, 0) is 11.3 Å². The van der Waals surface area contributed by atoms with Gasteiger partial charge in [0.2, 0.25) is 0 Å². The Labute approximate surface area is 124 Å². The fraction of sp³-hybridized carbons (Fsp3) is 0.667. The minimum Gasteiger partial charge on any atom is -0.381 e. The zero-order valence-electron chi connectivity index (χ0n) is 12.7. The second-order valence-electron chi connectivity index (χ2n) is 5.58. The number of hydrogen-bond acceptors (Lipinski definition) is 5. The molecule has 3 heterocycles. The predicted octanol–water partition coefficient (Wildman–Crippen LogP) is 2.94. The Morgan fingerprint density at radius 2 is 2.14 bits per heavy atom. The molecule has 0 bridgehead atoms. The molecule has 1 saturated heterocycles. The van der Waals surface area contributed by atoms with E-state index in [-0.39, 0.29) is 0 Å². The van der Waals surface area contributed by atoms with Crippen molar-refractivity contribution in [2.75, 3.05) is 13.2 Å². The summed E-state index contributed by atoms with van der Waals surface area (Å²) < 4.78 is 12.6. The molecule has 2 aromatic heterocycles. The van der Waals surface area contributed by atoms with Crippen LogP contribution in [0.3, 0.4) is 0 Å². The van der Waals surface area contributed by atoms with Gasteiger partial charge < -0.3 is 9.26 Å². The maximum atomic E-state index is 5.42. The zero-order chi connectivity index (χ0) is 14.7. The topological polar surface area (TPSA) is 66.0 Å². The van der Waals surface area contributed by atoms with Gasteiger partial charge in [-0.3, -0.25) is 0 Å². The van der Waals surface area contributed by atoms with Gasteiger partial charge in [-0.2, -0.15) is 5.10 Å². The van der Waals surface area contributed by atoms with Crippen LogP contribution >= 0.6 is 0 Å². The molecular formula is C15H22N4O2. The van der Waals surface area contributed by atoms with Crippen molar-refractivity contribution in [3.05, 3.63) is 17.7 Å². The molecule has 3 rings (SSSR count). The van der Waals surface area contributed by atoms with Crippen molar-refractivity contribution >= 4 is 0 Å². The Bertz CT molecular complexity index is 584. The summed E-state index contributed by atoms with van der Waals surface area (Å²) in [5, 5.41) is 8.82. The Hall–Kier alpha value is -1.69. The summed E-state index contributed by atoms with van der Waals surface area (Å²) >= 11 is 0. The summed E-state index contributed by atoms with van der Waals surface area (Å²) in [4.78, 5) is 4.74. The van der Waals surface area contributed by atoms with Crippen molar-refractivity contribution in [1.82, 2.24) is 19.9 Å². The van der Waals surface area contributed by atoms with E-state index in [0.717, 1.165) is 68.5 Å². The van der Waals surface area contributed by atoms with Crippen LogP contribution in [0.5, 0.6) is 0 Å². The van der Waals surface area contributed by atoms with Gasteiger partial charge in [0.1, 0.15) is 5.76 Å². The van der Waals surface area contributed by atoms with Gasteiger partial charge in [-0.05, 0) is 26.2 Å². The first-order valence-corrected chi connectivity index (χ1v) is 7.74. The third kappa shape index (κ3) is 3.15. The minimum absolute atomic E-state index is 0.397. The second-order valence-corrected chi connectivity index (χ2v) is 5.58. The van der Waals surface area contributed by atoms with E-state index in [0.29, 0.717) is 5.92 Å². The number of unbranched alkanes of at least 4 members (excludes halogenated alkanes) is 1. The van der Waals surface area contributed by atoms with Gasteiger partial charge in [0.05, 0.1) is 0 Å². The van der Waals surface area contributed by atoms with E-state index in [1.807, 2.05) is 17.7 Å². The molecule has 0 saturated carbocycles. The molecule has 0 unspecified atom stereocenters. The highest BCUT2D eigenvalue weighted by Crippen LogP contribution is 2.27. The molecule has 0 N–H and O–H groups in total. The number of nitrogens with zero attached hydrogens (tertiary/aromatic N) is 4. The number of ether oxygens (including phenoxy) is 1. The number of rotatable bonds is 5. The second kappa shape index (κ2) is 6.39. The van der Waals surface area contributed by atoms with Crippen molar-refractivity contribution in [3.63, 3.8) is 0 Å². The molecular weight excluding hydrogens is 268 g/mol. The molecule has 21 heavy (non-hydrogen) atoms. The van der Waals surface area contributed by atoms with Gasteiger partial charge in [0, 0.05) is 31.7 Å². The normalized spacial score (nSPS) is 16.5. The summed E-state index contributed by atoms with van der Waals surface area (Å²) in [6.07, 6.45) is 4.20. The number of hydrogen-bond donors (Lipinski definition) is 0. The standard InChI is InChI=1S/C15H22N4O2/c1-3-4-7-19-15(13-10-11(2)21-18-13)16-14(17-19)12-5-8-20-9-6-12/h10,12H,3-9H2,1-2H3. The SMILES string of the molecule is CCCCn1nc(C2CCOCC2)nc1-c1cc(C)on1. The highest BCUT2D eigenvalue weighted by atomic mass is 16.5. The van der Waals surface area contributed by atoms with Crippen LogP contribution in [0.2, 0.25) is 0 Å². The number of aromatic nitrogens is 4. The van der Waals surface area contributed by atoms with Crippen LogP contribution in [-0.4, -0.2) is 33.1 Å². The molecule has 0 radical (unpaired) electrons. The molecule has 6 nitrogen and oxygen atoms in total. The van der Waals surface area contributed by atoms with Gasteiger partial charge in [-0.1, -0.05) is 18.5 Å². The van der Waals surface area contributed by atoms with E-state index in [1.54, 1.807) is 0 Å². The van der Waals surface area contributed by atoms with Crippen LogP contribution in [0.4, 0.5) is 0 Å². The summed E-state index contributed by atoms with van der Waals surface area (Å²) in [6.45, 7) is 6.53. The van der Waals surface area contributed by atoms with Gasteiger partial charge in [-0.15, -0.1) is 0 Å². The van der Waals surface area contributed by atoms with Crippen molar-refractivity contribution in [3.8, 4) is 11.5 Å². The fourth-order valence-electron chi connectivity index (χ4n) is 2.61. The minimum atomic E-state index is 0.397. The summed E-state index contributed by atoms with van der Waals surface area (Å²) in [6, 6.07) is 1.92. The average molecular weight is 290 g/mol. The first kappa shape index (κ1) is 14.3. The van der Waals surface area contributed by atoms with E-state index in [1.165, 1.54) is 0 Å². The molecule has 1 fully saturated rings. The maximum absolute atomic E-state index is 5.42. The molecule has 6 heteroatoms. The monoisotopic (exact) mass is 290 g/mol. The highest BCUT2D eigenvalue weighted by Gasteiger charge is 2.23. The smallest absolute Gasteiger partial charge is 0.180 e. The summed E-state index contributed by atoms with van der Waals surface area (Å²) in [5.41, 5.74) is 0.773. The quantitative estimate of drug-likeness (QED) is 0.847. The van der Waals surface area contributed by atoms with Gasteiger partial charge in [0.25, 0.3) is 0 Å². The van der Waals surface area contributed by atoms with E-state index in [4.69, 9.17) is 19.3 Å². The molecule has 0 amide bonds. The lowest BCUT2D eigenvalue weighted by Crippen LogP contribution is -2.15. The fourth-order valence-corrected chi connectivity index (χ4v) is 2.61. The Morgan fingerprint density at radius 3 is 2.81 bits per heavy atom. The first-order chi connectivity index (χ1) is 10.3. The third-order valence-electron chi connectivity index (χ3n) is 3.86. The van der Waals surface area contributed by atoms with E-state index in [2.05, 4.69) is 12.1 Å². The molecule has 1 aliphatic rings. The van der Waals surface area contributed by atoms with Crippen LogP contribution in [0.15, 0.2) is 10.6 Å².